The van der Waals surface area contributed by atoms with Crippen LogP contribution >= 0.6 is 0 Å². The van der Waals surface area contributed by atoms with Crippen molar-refractivity contribution in [1.82, 2.24) is 4.40 Å². The van der Waals surface area contributed by atoms with E-state index in [-0.39, 0.29) is 0 Å². The summed E-state index contributed by atoms with van der Waals surface area (Å²) in [4.78, 5) is 0. The van der Waals surface area contributed by atoms with Crippen molar-refractivity contribution in [3.05, 3.63) is 91.0 Å². The monoisotopic (exact) mass is 317 g/mol. The maximum atomic E-state index is 2.40. The molecule has 0 N–H and O–H groups in total. The first kappa shape index (κ1) is 13.0. The van der Waals surface area contributed by atoms with E-state index >= 15 is 0 Å². The highest BCUT2D eigenvalue weighted by Gasteiger charge is 2.13. The van der Waals surface area contributed by atoms with Gasteiger partial charge in [0, 0.05) is 21.5 Å². The van der Waals surface area contributed by atoms with Crippen LogP contribution in [0.15, 0.2) is 91.0 Å². The van der Waals surface area contributed by atoms with E-state index < -0.39 is 0 Å². The average Bonchev–Trinajstić information content (AvgIpc) is 3.07. The van der Waals surface area contributed by atoms with Crippen molar-refractivity contribution in [2.45, 2.75) is 0 Å². The van der Waals surface area contributed by atoms with Gasteiger partial charge in [-0.3, -0.25) is 0 Å². The number of nitrogens with zero attached hydrogens (tertiary/aromatic N) is 1. The molecule has 0 aliphatic carbocycles. The normalized spacial score (nSPS) is 12.0. The zero-order valence-corrected chi connectivity index (χ0v) is 13.6. The molecular weight excluding hydrogens is 302 g/mol. The summed E-state index contributed by atoms with van der Waals surface area (Å²) in [5.41, 5.74) is 3.81. The topological polar surface area (TPSA) is 4.41 Å². The Hall–Kier alpha value is -3.32. The smallest absolute Gasteiger partial charge is 0.0547 e. The fraction of sp³-hybridized carbons (Fsp3) is 0. The zero-order chi connectivity index (χ0) is 16.4. The van der Waals surface area contributed by atoms with Gasteiger partial charge in [-0.05, 0) is 29.0 Å². The molecule has 0 bridgehead atoms. The van der Waals surface area contributed by atoms with Crippen LogP contribution in [-0.4, -0.2) is 4.40 Å². The first-order chi connectivity index (χ1) is 12.4. The molecule has 1 nitrogen and oxygen atoms in total. The molecule has 116 valence electrons. The highest BCUT2D eigenvalue weighted by atomic mass is 14.9. The van der Waals surface area contributed by atoms with Crippen LogP contribution in [0.25, 0.3) is 48.9 Å². The fourth-order valence-electron chi connectivity index (χ4n) is 4.27. The second-order valence-corrected chi connectivity index (χ2v) is 6.65. The predicted octanol–water partition coefficient (Wildman–Crippen LogP) is 6.55. The summed E-state index contributed by atoms with van der Waals surface area (Å²) in [5.74, 6) is 0. The van der Waals surface area contributed by atoms with E-state index in [9.17, 15) is 0 Å². The van der Waals surface area contributed by atoms with Crippen molar-refractivity contribution in [2.24, 2.45) is 0 Å². The van der Waals surface area contributed by atoms with Gasteiger partial charge < -0.3 is 4.40 Å². The molecule has 6 rings (SSSR count). The van der Waals surface area contributed by atoms with Gasteiger partial charge in [0.05, 0.1) is 16.6 Å². The van der Waals surface area contributed by atoms with Gasteiger partial charge in [0.2, 0.25) is 0 Å². The molecule has 0 unspecified atom stereocenters. The maximum absolute atomic E-state index is 2.40. The lowest BCUT2D eigenvalue weighted by atomic mass is 9.98. The SMILES string of the molecule is c1ccc2c(c1)ccc1c2c2ccccc2n2c3ccccc3cc12. The van der Waals surface area contributed by atoms with Gasteiger partial charge in [0.1, 0.15) is 0 Å². The van der Waals surface area contributed by atoms with Crippen LogP contribution in [0.2, 0.25) is 0 Å². The number of para-hydroxylation sites is 2. The van der Waals surface area contributed by atoms with Crippen LogP contribution in [0.5, 0.6) is 0 Å². The minimum atomic E-state index is 1.27. The van der Waals surface area contributed by atoms with Gasteiger partial charge in [-0.1, -0.05) is 72.8 Å². The summed E-state index contributed by atoms with van der Waals surface area (Å²) in [6, 6.07) is 32.9. The van der Waals surface area contributed by atoms with Gasteiger partial charge in [-0.25, -0.2) is 0 Å². The van der Waals surface area contributed by atoms with Crippen molar-refractivity contribution in [2.75, 3.05) is 0 Å². The van der Waals surface area contributed by atoms with E-state index in [1.54, 1.807) is 0 Å². The molecule has 25 heavy (non-hydrogen) atoms. The highest BCUT2D eigenvalue weighted by molar-refractivity contribution is 6.24. The Morgan fingerprint density at radius 2 is 1.08 bits per heavy atom. The molecule has 0 spiro atoms. The summed E-state index contributed by atoms with van der Waals surface area (Å²) in [6.45, 7) is 0. The van der Waals surface area contributed by atoms with E-state index in [2.05, 4.69) is 95.4 Å². The van der Waals surface area contributed by atoms with Crippen molar-refractivity contribution < 1.29 is 0 Å². The Morgan fingerprint density at radius 3 is 1.96 bits per heavy atom. The van der Waals surface area contributed by atoms with Gasteiger partial charge in [-0.15, -0.1) is 0 Å². The lowest BCUT2D eigenvalue weighted by Gasteiger charge is -2.12. The van der Waals surface area contributed by atoms with E-state index in [0.29, 0.717) is 0 Å². The Balaban J connectivity index is 2.06. The molecule has 2 aromatic heterocycles. The van der Waals surface area contributed by atoms with Crippen molar-refractivity contribution in [3.8, 4) is 0 Å². The summed E-state index contributed by atoms with van der Waals surface area (Å²) in [5, 5.41) is 7.87. The minimum Gasteiger partial charge on any atom is -0.309 e. The van der Waals surface area contributed by atoms with Gasteiger partial charge in [-0.2, -0.15) is 0 Å². The zero-order valence-electron chi connectivity index (χ0n) is 13.6. The molecular formula is C24H15N. The number of hydrogen-bond acceptors (Lipinski definition) is 0. The summed E-state index contributed by atoms with van der Waals surface area (Å²) in [6.07, 6.45) is 0. The standard InChI is InChI=1S/C24H15N/c1-3-9-18-16(7-1)13-14-20-23-15-17-8-2-5-11-21(17)25(23)22-12-6-4-10-19(22)24(18)20/h1-15H. The first-order valence-electron chi connectivity index (χ1n) is 8.64. The molecule has 0 amide bonds. The largest absolute Gasteiger partial charge is 0.309 e. The van der Waals surface area contributed by atoms with Crippen LogP contribution in [0.1, 0.15) is 0 Å². The third-order valence-electron chi connectivity index (χ3n) is 5.33. The Morgan fingerprint density at radius 1 is 0.440 bits per heavy atom. The van der Waals surface area contributed by atoms with Crippen LogP contribution in [-0.2, 0) is 0 Å². The van der Waals surface area contributed by atoms with Crippen molar-refractivity contribution in [3.63, 3.8) is 0 Å². The number of rotatable bonds is 0. The fourth-order valence-corrected chi connectivity index (χ4v) is 4.27. The highest BCUT2D eigenvalue weighted by Crippen LogP contribution is 2.37. The predicted molar refractivity (Wildman–Crippen MR) is 107 cm³/mol. The summed E-state index contributed by atoms with van der Waals surface area (Å²) in [7, 11) is 0. The second kappa shape index (κ2) is 4.61. The number of aromatic nitrogens is 1. The Bertz CT molecular complexity index is 1440. The first-order valence-corrected chi connectivity index (χ1v) is 8.64. The minimum absolute atomic E-state index is 1.27. The van der Waals surface area contributed by atoms with E-state index in [4.69, 9.17) is 0 Å². The van der Waals surface area contributed by atoms with Crippen LogP contribution in [0, 0.1) is 0 Å². The molecule has 0 aliphatic rings. The van der Waals surface area contributed by atoms with Crippen molar-refractivity contribution in [1.29, 1.82) is 0 Å². The molecule has 0 radical (unpaired) electrons. The molecule has 6 aromatic rings. The van der Waals surface area contributed by atoms with Crippen molar-refractivity contribution >= 4 is 48.9 Å². The van der Waals surface area contributed by atoms with E-state index in [1.807, 2.05) is 0 Å². The molecule has 0 saturated carbocycles. The number of hydrogen-bond donors (Lipinski definition) is 0. The molecule has 1 heteroatoms. The molecule has 0 aliphatic heterocycles. The van der Waals surface area contributed by atoms with Gasteiger partial charge in [0.15, 0.2) is 0 Å². The van der Waals surface area contributed by atoms with E-state index in [1.165, 1.54) is 48.9 Å². The molecule has 0 fully saturated rings. The average molecular weight is 317 g/mol. The Kier molecular flexibility index (Phi) is 2.40. The molecule has 0 saturated heterocycles. The second-order valence-electron chi connectivity index (χ2n) is 6.65. The van der Waals surface area contributed by atoms with Crippen LogP contribution in [0.3, 0.4) is 0 Å². The molecule has 4 aromatic carbocycles. The lowest BCUT2D eigenvalue weighted by Crippen LogP contribution is -1.91. The van der Waals surface area contributed by atoms with Gasteiger partial charge >= 0.3 is 0 Å². The molecule has 2 heterocycles. The van der Waals surface area contributed by atoms with Crippen LogP contribution in [0.4, 0.5) is 0 Å². The van der Waals surface area contributed by atoms with Crippen LogP contribution < -0.4 is 0 Å². The third-order valence-corrected chi connectivity index (χ3v) is 5.33. The molecule has 0 atom stereocenters. The summed E-state index contributed by atoms with van der Waals surface area (Å²) < 4.78 is 2.40. The quantitative estimate of drug-likeness (QED) is 0.280. The number of pyridine rings is 1. The van der Waals surface area contributed by atoms with E-state index in [0.717, 1.165) is 0 Å². The van der Waals surface area contributed by atoms with Gasteiger partial charge in [0.25, 0.3) is 0 Å². The maximum Gasteiger partial charge on any atom is 0.0547 e. The third kappa shape index (κ3) is 1.62. The Labute approximate surface area is 144 Å². The summed E-state index contributed by atoms with van der Waals surface area (Å²) >= 11 is 0. The lowest BCUT2D eigenvalue weighted by molar-refractivity contribution is 1.35. The number of benzene rings is 4. The number of fused-ring (bicyclic) bond motifs is 10.